The number of amides is 1. The largest absolute Gasteiger partial charge is 0.471 e. The van der Waals surface area contributed by atoms with E-state index in [2.05, 4.69) is 19.9 Å². The van der Waals surface area contributed by atoms with E-state index in [4.69, 9.17) is 4.74 Å². The van der Waals surface area contributed by atoms with Gasteiger partial charge in [-0.1, -0.05) is 30.3 Å². The van der Waals surface area contributed by atoms with Gasteiger partial charge in [0.15, 0.2) is 11.4 Å². The molecule has 160 valence electrons. The number of benzene rings is 1. The zero-order valence-electron chi connectivity index (χ0n) is 16.3. The van der Waals surface area contributed by atoms with Gasteiger partial charge in [0, 0.05) is 24.5 Å². The molecule has 3 heterocycles. The van der Waals surface area contributed by atoms with Gasteiger partial charge in [-0.05, 0) is 12.8 Å². The highest BCUT2D eigenvalue weighted by Gasteiger charge is 2.33. The maximum absolute atomic E-state index is 13.2. The van der Waals surface area contributed by atoms with Gasteiger partial charge in [-0.15, -0.1) is 0 Å². The lowest BCUT2D eigenvalue weighted by Crippen LogP contribution is -2.44. The van der Waals surface area contributed by atoms with Crippen LogP contribution in [0.1, 0.15) is 29.0 Å². The Hall–Kier alpha value is -3.56. The van der Waals surface area contributed by atoms with Crippen molar-refractivity contribution in [1.82, 2.24) is 24.8 Å². The Morgan fingerprint density at radius 3 is 2.52 bits per heavy atom. The molecule has 1 atom stereocenters. The van der Waals surface area contributed by atoms with Crippen molar-refractivity contribution in [2.45, 2.75) is 25.1 Å². The lowest BCUT2D eigenvalue weighted by molar-refractivity contribution is -0.141. The molecule has 1 amide bonds. The highest BCUT2D eigenvalue weighted by molar-refractivity contribution is 5.98. The second-order valence-corrected chi connectivity index (χ2v) is 6.99. The molecule has 0 N–H and O–H groups in total. The van der Waals surface area contributed by atoms with Gasteiger partial charge in [-0.25, -0.2) is 15.0 Å². The summed E-state index contributed by atoms with van der Waals surface area (Å²) in [6.07, 6.45) is 0.906. The van der Waals surface area contributed by atoms with E-state index in [1.165, 1.54) is 12.4 Å². The van der Waals surface area contributed by atoms with Crippen LogP contribution in [-0.2, 0) is 6.18 Å². The average molecular weight is 429 g/mol. The maximum Gasteiger partial charge on any atom is 0.434 e. The average Bonchev–Trinajstić information content (AvgIpc) is 2.79. The van der Waals surface area contributed by atoms with E-state index in [-0.39, 0.29) is 24.0 Å². The van der Waals surface area contributed by atoms with Gasteiger partial charge < -0.3 is 9.64 Å². The smallest absolute Gasteiger partial charge is 0.434 e. The number of rotatable bonds is 4. The number of piperidine rings is 1. The van der Waals surface area contributed by atoms with Crippen LogP contribution < -0.4 is 4.74 Å². The minimum atomic E-state index is -4.56. The van der Waals surface area contributed by atoms with Crippen LogP contribution in [0.3, 0.4) is 0 Å². The summed E-state index contributed by atoms with van der Waals surface area (Å²) < 4.78 is 43.6. The summed E-state index contributed by atoms with van der Waals surface area (Å²) in [5, 5.41) is 0. The van der Waals surface area contributed by atoms with E-state index in [1.54, 1.807) is 4.90 Å². The first-order valence-electron chi connectivity index (χ1n) is 9.63. The quantitative estimate of drug-likeness (QED) is 0.630. The first-order valence-corrected chi connectivity index (χ1v) is 9.63. The van der Waals surface area contributed by atoms with Crippen LogP contribution >= 0.6 is 0 Å². The van der Waals surface area contributed by atoms with Crippen LogP contribution in [0.15, 0.2) is 55.1 Å². The Morgan fingerprint density at radius 2 is 1.81 bits per heavy atom. The van der Waals surface area contributed by atoms with Gasteiger partial charge in [0.2, 0.25) is 5.88 Å². The molecular weight excluding hydrogens is 411 g/mol. The molecular formula is C21H18F3N5O2. The molecule has 0 saturated carbocycles. The summed E-state index contributed by atoms with van der Waals surface area (Å²) in [7, 11) is 0. The Bertz CT molecular complexity index is 1040. The van der Waals surface area contributed by atoms with Gasteiger partial charge >= 0.3 is 6.18 Å². The Morgan fingerprint density at radius 1 is 1.03 bits per heavy atom. The lowest BCUT2D eigenvalue weighted by atomic mass is 10.1. The minimum absolute atomic E-state index is 0.0169. The third-order valence-corrected chi connectivity index (χ3v) is 4.82. The summed E-state index contributed by atoms with van der Waals surface area (Å²) in [5.74, 6) is -0.296. The Kier molecular flexibility index (Phi) is 5.79. The molecule has 1 aliphatic rings. The van der Waals surface area contributed by atoms with Gasteiger partial charge in [-0.2, -0.15) is 13.2 Å². The number of likely N-dealkylation sites (tertiary alicyclic amines) is 1. The summed E-state index contributed by atoms with van der Waals surface area (Å²) >= 11 is 0. The second kappa shape index (κ2) is 8.66. The van der Waals surface area contributed by atoms with E-state index in [0.717, 1.165) is 11.8 Å². The predicted octanol–water partition coefficient (Wildman–Crippen LogP) is 3.64. The summed E-state index contributed by atoms with van der Waals surface area (Å²) in [6, 6.07) is 9.29. The molecule has 1 fully saturated rings. The zero-order chi connectivity index (χ0) is 21.8. The number of carbonyl (C=O) groups excluding carboxylic acids is 1. The SMILES string of the molecule is O=C(c1nccnc1-c1ccccc1)N1CCCC(Oc2cnc(C(F)(F)F)cn2)C1. The van der Waals surface area contributed by atoms with Crippen LogP contribution in [0, 0.1) is 0 Å². The summed E-state index contributed by atoms with van der Waals surface area (Å²) in [4.78, 5) is 30.4. The molecule has 31 heavy (non-hydrogen) atoms. The van der Waals surface area contributed by atoms with Crippen molar-refractivity contribution in [3.8, 4) is 17.1 Å². The van der Waals surface area contributed by atoms with E-state index >= 15 is 0 Å². The molecule has 1 aliphatic heterocycles. The topological polar surface area (TPSA) is 81.1 Å². The molecule has 3 aromatic rings. The van der Waals surface area contributed by atoms with E-state index < -0.39 is 18.0 Å². The third-order valence-electron chi connectivity index (χ3n) is 4.82. The van der Waals surface area contributed by atoms with Gasteiger partial charge in [0.25, 0.3) is 5.91 Å². The first kappa shape index (κ1) is 20.7. The van der Waals surface area contributed by atoms with Crippen molar-refractivity contribution in [1.29, 1.82) is 0 Å². The Balaban J connectivity index is 1.48. The van der Waals surface area contributed by atoms with Gasteiger partial charge in [0.1, 0.15) is 11.8 Å². The number of hydrogen-bond donors (Lipinski definition) is 0. The molecule has 4 rings (SSSR count). The lowest BCUT2D eigenvalue weighted by Gasteiger charge is -2.32. The molecule has 0 radical (unpaired) electrons. The molecule has 1 unspecified atom stereocenters. The van der Waals surface area contributed by atoms with Crippen LogP contribution in [0.5, 0.6) is 5.88 Å². The highest BCUT2D eigenvalue weighted by atomic mass is 19.4. The predicted molar refractivity (Wildman–Crippen MR) is 104 cm³/mol. The molecule has 1 saturated heterocycles. The second-order valence-electron chi connectivity index (χ2n) is 6.99. The van der Waals surface area contributed by atoms with Crippen molar-refractivity contribution in [2.24, 2.45) is 0 Å². The number of carbonyl (C=O) groups is 1. The molecule has 0 aliphatic carbocycles. The number of halogens is 3. The first-order chi connectivity index (χ1) is 14.9. The van der Waals surface area contributed by atoms with E-state index in [1.807, 2.05) is 30.3 Å². The van der Waals surface area contributed by atoms with Crippen molar-refractivity contribution >= 4 is 5.91 Å². The number of alkyl halides is 3. The van der Waals surface area contributed by atoms with Crippen LogP contribution in [0.4, 0.5) is 13.2 Å². The van der Waals surface area contributed by atoms with E-state index in [9.17, 15) is 18.0 Å². The van der Waals surface area contributed by atoms with Crippen LogP contribution in [0.2, 0.25) is 0 Å². The highest BCUT2D eigenvalue weighted by Crippen LogP contribution is 2.28. The number of ether oxygens (including phenoxy) is 1. The fraction of sp³-hybridized carbons (Fsp3) is 0.286. The zero-order valence-corrected chi connectivity index (χ0v) is 16.3. The van der Waals surface area contributed by atoms with Crippen LogP contribution in [0.25, 0.3) is 11.3 Å². The summed E-state index contributed by atoms with van der Waals surface area (Å²) in [5.41, 5.74) is 0.425. The van der Waals surface area contributed by atoms with Crippen molar-refractivity contribution in [2.75, 3.05) is 13.1 Å². The van der Waals surface area contributed by atoms with Crippen molar-refractivity contribution in [3.63, 3.8) is 0 Å². The van der Waals surface area contributed by atoms with Crippen molar-refractivity contribution < 1.29 is 22.7 Å². The number of hydrogen-bond acceptors (Lipinski definition) is 6. The molecule has 0 bridgehead atoms. The summed E-state index contributed by atoms with van der Waals surface area (Å²) in [6.45, 7) is 0.772. The number of nitrogens with zero attached hydrogens (tertiary/aromatic N) is 5. The van der Waals surface area contributed by atoms with Crippen LogP contribution in [-0.4, -0.2) is 49.9 Å². The monoisotopic (exact) mass is 429 g/mol. The van der Waals surface area contributed by atoms with Gasteiger partial charge in [0.05, 0.1) is 18.9 Å². The normalized spacial score (nSPS) is 16.7. The molecule has 2 aromatic heterocycles. The standard InChI is InChI=1S/C21H18F3N5O2/c22-21(23,24)16-11-28-17(12-27-16)31-15-7-4-10-29(13-15)20(30)19-18(25-8-9-26-19)14-5-2-1-3-6-14/h1-3,5-6,8-9,11-12,15H,4,7,10,13H2. The fourth-order valence-electron chi connectivity index (χ4n) is 3.36. The third kappa shape index (κ3) is 4.79. The fourth-order valence-corrected chi connectivity index (χ4v) is 3.36. The number of aromatic nitrogens is 4. The molecule has 0 spiro atoms. The van der Waals surface area contributed by atoms with Gasteiger partial charge in [-0.3, -0.25) is 9.78 Å². The minimum Gasteiger partial charge on any atom is -0.471 e. The van der Waals surface area contributed by atoms with E-state index in [0.29, 0.717) is 31.3 Å². The molecule has 10 heteroatoms. The van der Waals surface area contributed by atoms with Crippen molar-refractivity contribution in [3.05, 3.63) is 66.5 Å². The maximum atomic E-state index is 13.2. The molecule has 7 nitrogen and oxygen atoms in total. The molecule has 1 aromatic carbocycles. The Labute approximate surface area is 176 Å².